The topological polar surface area (TPSA) is 58.4 Å². The molecule has 92 valence electrons. The van der Waals surface area contributed by atoms with Crippen LogP contribution in [0.15, 0.2) is 12.1 Å². The van der Waals surface area contributed by atoms with E-state index < -0.39 is 0 Å². The molecule has 2 rings (SSSR count). The molecule has 0 saturated carbocycles. The van der Waals surface area contributed by atoms with Gasteiger partial charge in [0.25, 0.3) is 0 Å². The first-order valence-electron chi connectivity index (χ1n) is 6.02. The molecule has 0 aliphatic carbocycles. The average Bonchev–Trinajstić information content (AvgIpc) is 2.63. The van der Waals surface area contributed by atoms with Gasteiger partial charge in [0, 0.05) is 24.5 Å². The van der Waals surface area contributed by atoms with Gasteiger partial charge in [-0.15, -0.1) is 0 Å². The Labute approximate surface area is 102 Å². The van der Waals surface area contributed by atoms with Crippen LogP contribution in [0.25, 0.3) is 0 Å². The van der Waals surface area contributed by atoms with Crippen molar-refractivity contribution in [1.29, 1.82) is 0 Å². The van der Waals surface area contributed by atoms with Crippen molar-refractivity contribution in [2.75, 3.05) is 30.3 Å². The molecule has 0 radical (unpaired) electrons. The number of likely N-dealkylation sites (N-methyl/N-ethyl adjacent to an activating group) is 1. The lowest BCUT2D eigenvalue weighted by Crippen LogP contribution is -2.36. The van der Waals surface area contributed by atoms with Crippen LogP contribution in [0.1, 0.15) is 18.1 Å². The molecule has 4 nitrogen and oxygen atoms in total. The van der Waals surface area contributed by atoms with Crippen LogP contribution in [0.4, 0.5) is 11.4 Å². The second kappa shape index (κ2) is 4.65. The van der Waals surface area contributed by atoms with E-state index in [-0.39, 0.29) is 5.91 Å². The summed E-state index contributed by atoms with van der Waals surface area (Å²) >= 11 is 0. The quantitative estimate of drug-likeness (QED) is 0.768. The van der Waals surface area contributed by atoms with Gasteiger partial charge in [0.1, 0.15) is 0 Å². The lowest BCUT2D eigenvalue weighted by molar-refractivity contribution is -0.119. The third-order valence-electron chi connectivity index (χ3n) is 3.17. The molecule has 1 aliphatic heterocycles. The first-order valence-corrected chi connectivity index (χ1v) is 6.02. The van der Waals surface area contributed by atoms with Crippen molar-refractivity contribution in [3.8, 4) is 0 Å². The van der Waals surface area contributed by atoms with Gasteiger partial charge < -0.3 is 16.0 Å². The molecule has 1 aromatic rings. The van der Waals surface area contributed by atoms with Gasteiger partial charge in [-0.25, -0.2) is 0 Å². The van der Waals surface area contributed by atoms with Crippen molar-refractivity contribution in [1.82, 2.24) is 5.32 Å². The largest absolute Gasteiger partial charge is 0.398 e. The summed E-state index contributed by atoms with van der Waals surface area (Å²) in [5, 5.41) is 2.82. The van der Waals surface area contributed by atoms with Crippen molar-refractivity contribution in [2.45, 2.75) is 20.3 Å². The number of carbonyl (C=O) groups is 1. The summed E-state index contributed by atoms with van der Waals surface area (Å²) in [6, 6.07) is 4.11. The Morgan fingerprint density at radius 1 is 1.53 bits per heavy atom. The molecule has 0 fully saturated rings. The maximum absolute atomic E-state index is 11.6. The van der Waals surface area contributed by atoms with E-state index in [1.807, 2.05) is 19.9 Å². The van der Waals surface area contributed by atoms with Gasteiger partial charge >= 0.3 is 0 Å². The summed E-state index contributed by atoms with van der Waals surface area (Å²) in [6.45, 7) is 5.94. The van der Waals surface area contributed by atoms with Gasteiger partial charge in [0.2, 0.25) is 5.91 Å². The zero-order valence-corrected chi connectivity index (χ0v) is 10.4. The van der Waals surface area contributed by atoms with E-state index in [9.17, 15) is 4.79 Å². The van der Waals surface area contributed by atoms with Gasteiger partial charge in [-0.3, -0.25) is 4.79 Å². The minimum atomic E-state index is 0.0690. The number of nitrogens with zero attached hydrogens (tertiary/aromatic N) is 1. The van der Waals surface area contributed by atoms with Crippen molar-refractivity contribution < 1.29 is 4.79 Å². The van der Waals surface area contributed by atoms with Gasteiger partial charge in [-0.2, -0.15) is 0 Å². The van der Waals surface area contributed by atoms with E-state index in [1.54, 1.807) is 0 Å². The molecule has 1 aliphatic rings. The molecule has 1 aromatic carbocycles. The number of rotatable bonds is 3. The predicted octanol–water partition coefficient (Wildman–Crippen LogP) is 1.08. The van der Waals surface area contributed by atoms with Crippen LogP contribution >= 0.6 is 0 Å². The lowest BCUT2D eigenvalue weighted by Gasteiger charge is -2.19. The van der Waals surface area contributed by atoms with Crippen LogP contribution in [0.3, 0.4) is 0 Å². The average molecular weight is 233 g/mol. The molecule has 0 unspecified atom stereocenters. The normalized spacial score (nSPS) is 13.6. The molecule has 0 saturated heterocycles. The maximum atomic E-state index is 11.6. The monoisotopic (exact) mass is 233 g/mol. The van der Waals surface area contributed by atoms with E-state index in [0.717, 1.165) is 29.9 Å². The zero-order valence-electron chi connectivity index (χ0n) is 10.4. The molecule has 3 N–H and O–H groups in total. The molecule has 0 bridgehead atoms. The third kappa shape index (κ3) is 2.35. The number of nitrogen functional groups attached to an aromatic ring is 1. The number of hydrogen-bond donors (Lipinski definition) is 2. The van der Waals surface area contributed by atoms with Gasteiger partial charge in [-0.05, 0) is 37.5 Å². The van der Waals surface area contributed by atoms with Crippen molar-refractivity contribution in [3.63, 3.8) is 0 Å². The fourth-order valence-corrected chi connectivity index (χ4v) is 2.23. The minimum Gasteiger partial charge on any atom is -0.398 e. The Bertz CT molecular complexity index is 443. The summed E-state index contributed by atoms with van der Waals surface area (Å²) in [4.78, 5) is 13.7. The first-order chi connectivity index (χ1) is 8.11. The second-order valence-corrected chi connectivity index (χ2v) is 4.46. The Balaban J connectivity index is 2.16. The van der Waals surface area contributed by atoms with Crippen LogP contribution in [0.5, 0.6) is 0 Å². The zero-order chi connectivity index (χ0) is 12.4. The Kier molecular flexibility index (Phi) is 3.22. The number of benzene rings is 1. The van der Waals surface area contributed by atoms with E-state index in [1.165, 1.54) is 5.56 Å². The summed E-state index contributed by atoms with van der Waals surface area (Å²) in [6.07, 6.45) is 0.996. The van der Waals surface area contributed by atoms with Crippen LogP contribution in [-0.2, 0) is 11.2 Å². The molecule has 4 heteroatoms. The molecule has 0 atom stereocenters. The van der Waals surface area contributed by atoms with Crippen LogP contribution in [0, 0.1) is 6.92 Å². The number of nitrogens with two attached hydrogens (primary N) is 1. The predicted molar refractivity (Wildman–Crippen MR) is 70.2 cm³/mol. The Morgan fingerprint density at radius 2 is 2.29 bits per heavy atom. The SMILES string of the molecule is CCNC(=O)CN1CCc2cc(C)c(N)cc21. The highest BCUT2D eigenvalue weighted by Crippen LogP contribution is 2.31. The molecule has 17 heavy (non-hydrogen) atoms. The number of amides is 1. The molecule has 1 heterocycles. The van der Waals surface area contributed by atoms with Crippen LogP contribution in [0.2, 0.25) is 0 Å². The minimum absolute atomic E-state index is 0.0690. The smallest absolute Gasteiger partial charge is 0.239 e. The molecular formula is C13H19N3O. The number of carbonyl (C=O) groups excluding carboxylic acids is 1. The summed E-state index contributed by atoms with van der Waals surface area (Å²) in [7, 11) is 0. The second-order valence-electron chi connectivity index (χ2n) is 4.46. The fraction of sp³-hybridized carbons (Fsp3) is 0.462. The Morgan fingerprint density at radius 3 is 3.00 bits per heavy atom. The van der Waals surface area contributed by atoms with E-state index in [2.05, 4.69) is 16.3 Å². The highest BCUT2D eigenvalue weighted by molar-refractivity contribution is 5.82. The molecule has 0 spiro atoms. The number of aryl methyl sites for hydroxylation is 1. The van der Waals surface area contributed by atoms with Crippen molar-refractivity contribution in [2.24, 2.45) is 0 Å². The number of nitrogens with one attached hydrogen (secondary N) is 1. The lowest BCUT2D eigenvalue weighted by atomic mass is 10.1. The first kappa shape index (κ1) is 11.8. The van der Waals surface area contributed by atoms with Crippen LogP contribution in [-0.4, -0.2) is 25.5 Å². The highest BCUT2D eigenvalue weighted by Gasteiger charge is 2.21. The standard InChI is InChI=1S/C13H19N3O/c1-3-15-13(17)8-16-5-4-10-6-9(2)11(14)7-12(10)16/h6-7H,3-5,8,14H2,1-2H3,(H,15,17). The fourth-order valence-electron chi connectivity index (χ4n) is 2.23. The summed E-state index contributed by atoms with van der Waals surface area (Å²) in [5.74, 6) is 0.0690. The van der Waals surface area contributed by atoms with Crippen LogP contribution < -0.4 is 16.0 Å². The number of fused-ring (bicyclic) bond motifs is 1. The van der Waals surface area contributed by atoms with E-state index in [0.29, 0.717) is 13.1 Å². The van der Waals surface area contributed by atoms with Gasteiger partial charge in [-0.1, -0.05) is 6.07 Å². The Hall–Kier alpha value is -1.71. The van der Waals surface area contributed by atoms with Gasteiger partial charge in [0.05, 0.1) is 6.54 Å². The third-order valence-corrected chi connectivity index (χ3v) is 3.17. The summed E-state index contributed by atoms with van der Waals surface area (Å²) < 4.78 is 0. The molecule has 0 aromatic heterocycles. The van der Waals surface area contributed by atoms with E-state index in [4.69, 9.17) is 5.73 Å². The number of hydrogen-bond acceptors (Lipinski definition) is 3. The van der Waals surface area contributed by atoms with Crippen molar-refractivity contribution >= 4 is 17.3 Å². The van der Waals surface area contributed by atoms with Gasteiger partial charge in [0.15, 0.2) is 0 Å². The summed E-state index contributed by atoms with van der Waals surface area (Å²) in [5.41, 5.74) is 10.2. The highest BCUT2D eigenvalue weighted by atomic mass is 16.2. The maximum Gasteiger partial charge on any atom is 0.239 e. The van der Waals surface area contributed by atoms with E-state index >= 15 is 0 Å². The molecule has 1 amide bonds. The molecular weight excluding hydrogens is 214 g/mol. The number of anilines is 2. The van der Waals surface area contributed by atoms with Crippen molar-refractivity contribution in [3.05, 3.63) is 23.3 Å².